The molecule has 0 bridgehead atoms. The molecule has 0 unspecified atom stereocenters. The van der Waals surface area contributed by atoms with Crippen molar-refractivity contribution in [1.29, 1.82) is 0 Å². The molecular formula is C20H29NO7. The Balaban J connectivity index is 0.000000640. The van der Waals surface area contributed by atoms with Gasteiger partial charge in [0.1, 0.15) is 6.10 Å². The molecule has 3 rings (SSSR count). The maximum atomic E-state index is 10.8. The molecule has 0 spiro atoms. The van der Waals surface area contributed by atoms with E-state index in [1.807, 2.05) is 12.1 Å². The number of hydrogen-bond donors (Lipinski definition) is 4. The van der Waals surface area contributed by atoms with Crippen LogP contribution in [0.2, 0.25) is 0 Å². The quantitative estimate of drug-likeness (QED) is 0.572. The Bertz CT molecular complexity index is 675. The fourth-order valence-electron chi connectivity index (χ4n) is 3.77. The molecule has 1 aromatic carbocycles. The second kappa shape index (κ2) is 10.3. The van der Waals surface area contributed by atoms with Crippen LogP contribution in [0, 0.1) is 11.8 Å². The van der Waals surface area contributed by atoms with Crippen molar-refractivity contribution < 1.29 is 34.4 Å². The van der Waals surface area contributed by atoms with Crippen LogP contribution in [0.1, 0.15) is 31.7 Å². The summed E-state index contributed by atoms with van der Waals surface area (Å²) in [5, 5.41) is 30.0. The summed E-state index contributed by atoms with van der Waals surface area (Å²) < 4.78 is 11.4. The van der Waals surface area contributed by atoms with Crippen molar-refractivity contribution in [3.05, 3.63) is 23.8 Å². The highest BCUT2D eigenvalue weighted by atomic mass is 16.5. The molecule has 28 heavy (non-hydrogen) atoms. The fraction of sp³-hybridized carbons (Fsp3) is 0.600. The van der Waals surface area contributed by atoms with Gasteiger partial charge >= 0.3 is 5.97 Å². The van der Waals surface area contributed by atoms with Crippen molar-refractivity contribution in [3.63, 3.8) is 0 Å². The molecule has 8 nitrogen and oxygen atoms in total. The molecule has 4 atom stereocenters. The maximum absolute atomic E-state index is 10.8. The van der Waals surface area contributed by atoms with Crippen molar-refractivity contribution in [2.75, 3.05) is 20.2 Å². The molecule has 1 aliphatic heterocycles. The Labute approximate surface area is 164 Å². The maximum Gasteiger partial charge on any atom is 0.303 e. The number of fused-ring (bicyclic) bond motifs is 1. The Hall–Kier alpha value is -2.32. The highest BCUT2D eigenvalue weighted by Gasteiger charge is 2.40. The van der Waals surface area contributed by atoms with Gasteiger partial charge in [0, 0.05) is 13.3 Å². The zero-order chi connectivity index (χ0) is 20.7. The molecule has 1 saturated heterocycles. The van der Waals surface area contributed by atoms with Gasteiger partial charge in [0.2, 0.25) is 0 Å². The Morgan fingerprint density at radius 2 is 1.79 bits per heavy atom. The highest BCUT2D eigenvalue weighted by Crippen LogP contribution is 2.37. The van der Waals surface area contributed by atoms with Crippen LogP contribution in [0.15, 0.2) is 18.2 Å². The summed E-state index contributed by atoms with van der Waals surface area (Å²) in [6.45, 7) is 3.04. The zero-order valence-electron chi connectivity index (χ0n) is 16.3. The van der Waals surface area contributed by atoms with E-state index in [0.29, 0.717) is 29.8 Å². The molecule has 1 heterocycles. The van der Waals surface area contributed by atoms with E-state index in [1.54, 1.807) is 13.2 Å². The third-order valence-corrected chi connectivity index (χ3v) is 5.12. The standard InChI is InChI=1S/C18H25NO5.C2H4O2/c1-23-15-4-2-11(3-5-18(21)22)6-17(15)24-16-8-13-10-19-9-12(13)7-14(16)20;1-2(3)4/h2,4,6,12-14,16,19-20H,3,5,7-10H2,1H3,(H,21,22);1H3,(H,3,4)/t12-,13+,14+,16+;/m0./s1. The predicted molar refractivity (Wildman–Crippen MR) is 102 cm³/mol. The van der Waals surface area contributed by atoms with Gasteiger partial charge in [0.15, 0.2) is 11.5 Å². The van der Waals surface area contributed by atoms with E-state index < -0.39 is 18.0 Å². The molecule has 1 aliphatic carbocycles. The van der Waals surface area contributed by atoms with Crippen molar-refractivity contribution in [2.45, 2.75) is 44.8 Å². The lowest BCUT2D eigenvalue weighted by atomic mass is 9.78. The summed E-state index contributed by atoms with van der Waals surface area (Å²) in [7, 11) is 1.58. The van der Waals surface area contributed by atoms with Gasteiger partial charge in [0.05, 0.1) is 13.2 Å². The van der Waals surface area contributed by atoms with Crippen LogP contribution in [0.5, 0.6) is 11.5 Å². The molecule has 4 N–H and O–H groups in total. The number of carboxylic acid groups (broad SMARTS) is 2. The monoisotopic (exact) mass is 395 g/mol. The number of aliphatic carboxylic acids is 2. The first kappa shape index (κ1) is 22.0. The number of carboxylic acids is 2. The third-order valence-electron chi connectivity index (χ3n) is 5.12. The molecule has 2 fully saturated rings. The summed E-state index contributed by atoms with van der Waals surface area (Å²) in [5.41, 5.74) is 0.888. The van der Waals surface area contributed by atoms with Crippen molar-refractivity contribution in [2.24, 2.45) is 11.8 Å². The van der Waals surface area contributed by atoms with Crippen molar-refractivity contribution >= 4 is 11.9 Å². The summed E-state index contributed by atoms with van der Waals surface area (Å²) in [5.74, 6) is 0.598. The van der Waals surface area contributed by atoms with E-state index in [0.717, 1.165) is 38.4 Å². The number of hydrogen-bond acceptors (Lipinski definition) is 6. The summed E-state index contributed by atoms with van der Waals surface area (Å²) in [6, 6.07) is 5.47. The Morgan fingerprint density at radius 3 is 2.39 bits per heavy atom. The van der Waals surface area contributed by atoms with Gasteiger partial charge in [-0.05, 0) is 61.9 Å². The van der Waals surface area contributed by atoms with Crippen LogP contribution in [0.4, 0.5) is 0 Å². The predicted octanol–water partition coefficient (Wildman–Crippen LogP) is 1.54. The minimum Gasteiger partial charge on any atom is -0.493 e. The van der Waals surface area contributed by atoms with Gasteiger partial charge in [-0.3, -0.25) is 9.59 Å². The lowest BCUT2D eigenvalue weighted by Gasteiger charge is -2.35. The van der Waals surface area contributed by atoms with Gasteiger partial charge in [-0.1, -0.05) is 6.07 Å². The minimum atomic E-state index is -0.833. The molecule has 156 valence electrons. The number of ether oxygens (including phenoxy) is 2. The van der Waals surface area contributed by atoms with E-state index in [2.05, 4.69) is 5.32 Å². The fourth-order valence-corrected chi connectivity index (χ4v) is 3.77. The SMILES string of the molecule is CC(=O)O.COc1ccc(CCC(=O)O)cc1O[C@@H]1C[C@@H]2CNC[C@@H]2C[C@H]1O. The second-order valence-electron chi connectivity index (χ2n) is 7.27. The number of nitrogens with one attached hydrogen (secondary N) is 1. The first-order valence-electron chi connectivity index (χ1n) is 9.43. The normalized spacial score (nSPS) is 25.8. The average molecular weight is 395 g/mol. The number of benzene rings is 1. The largest absolute Gasteiger partial charge is 0.493 e. The number of aliphatic hydroxyl groups is 1. The summed E-state index contributed by atoms with van der Waals surface area (Å²) in [6.07, 6.45) is 1.35. The number of rotatable bonds is 6. The molecule has 0 amide bonds. The first-order chi connectivity index (χ1) is 13.3. The van der Waals surface area contributed by atoms with Gasteiger partial charge in [0.25, 0.3) is 5.97 Å². The van der Waals surface area contributed by atoms with E-state index in [1.165, 1.54) is 0 Å². The second-order valence-corrected chi connectivity index (χ2v) is 7.27. The van der Waals surface area contributed by atoms with Gasteiger partial charge < -0.3 is 30.1 Å². The van der Waals surface area contributed by atoms with Gasteiger partial charge in [-0.2, -0.15) is 0 Å². The van der Waals surface area contributed by atoms with Crippen LogP contribution < -0.4 is 14.8 Å². The minimum absolute atomic E-state index is 0.0766. The topological polar surface area (TPSA) is 125 Å². The molecule has 2 aliphatic rings. The lowest BCUT2D eigenvalue weighted by Crippen LogP contribution is -2.42. The van der Waals surface area contributed by atoms with Crippen LogP contribution >= 0.6 is 0 Å². The van der Waals surface area contributed by atoms with E-state index in [-0.39, 0.29) is 12.5 Å². The highest BCUT2D eigenvalue weighted by molar-refractivity contribution is 5.67. The van der Waals surface area contributed by atoms with E-state index >= 15 is 0 Å². The van der Waals surface area contributed by atoms with Crippen molar-refractivity contribution in [1.82, 2.24) is 5.32 Å². The van der Waals surface area contributed by atoms with Gasteiger partial charge in [-0.15, -0.1) is 0 Å². The van der Waals surface area contributed by atoms with E-state index in [4.69, 9.17) is 24.5 Å². The van der Waals surface area contributed by atoms with E-state index in [9.17, 15) is 9.90 Å². The van der Waals surface area contributed by atoms with Crippen LogP contribution in [-0.4, -0.2) is 59.7 Å². The molecule has 0 aromatic heterocycles. The number of aliphatic hydroxyl groups excluding tert-OH is 1. The average Bonchev–Trinajstić information content (AvgIpc) is 3.07. The van der Waals surface area contributed by atoms with Gasteiger partial charge in [-0.25, -0.2) is 0 Å². The van der Waals surface area contributed by atoms with Crippen molar-refractivity contribution in [3.8, 4) is 11.5 Å². The third kappa shape index (κ3) is 6.38. The Kier molecular flexibility index (Phi) is 8.07. The molecule has 0 radical (unpaired) electrons. The number of aryl methyl sites for hydroxylation is 1. The zero-order valence-corrected chi connectivity index (χ0v) is 16.3. The molecular weight excluding hydrogens is 366 g/mol. The number of carbonyl (C=O) groups is 2. The first-order valence-corrected chi connectivity index (χ1v) is 9.43. The van der Waals surface area contributed by atoms with Crippen LogP contribution in [-0.2, 0) is 16.0 Å². The molecule has 1 aromatic rings. The molecule has 8 heteroatoms. The van der Waals surface area contributed by atoms with Crippen LogP contribution in [0.3, 0.4) is 0 Å². The summed E-state index contributed by atoms with van der Waals surface area (Å²) >= 11 is 0. The molecule has 1 saturated carbocycles. The lowest BCUT2D eigenvalue weighted by molar-refractivity contribution is -0.137. The summed E-state index contributed by atoms with van der Waals surface area (Å²) in [4.78, 5) is 19.8. The number of methoxy groups -OCH3 is 1. The Morgan fingerprint density at radius 1 is 1.14 bits per heavy atom. The smallest absolute Gasteiger partial charge is 0.303 e. The van der Waals surface area contributed by atoms with Crippen LogP contribution in [0.25, 0.3) is 0 Å².